The molecule has 0 aliphatic carbocycles. The molecule has 22 heavy (non-hydrogen) atoms. The van der Waals surface area contributed by atoms with Gasteiger partial charge in [0.1, 0.15) is 23.1 Å². The molecule has 0 spiro atoms. The van der Waals surface area contributed by atoms with Gasteiger partial charge in [-0.2, -0.15) is 10.4 Å². The predicted molar refractivity (Wildman–Crippen MR) is 86.1 cm³/mol. The maximum absolute atomic E-state index is 11.8. The van der Waals surface area contributed by atoms with E-state index in [-0.39, 0.29) is 17.0 Å². The van der Waals surface area contributed by atoms with Gasteiger partial charge in [0, 0.05) is 10.5 Å². The minimum absolute atomic E-state index is 0.00538. The summed E-state index contributed by atoms with van der Waals surface area (Å²) in [6.45, 7) is 3.15. The van der Waals surface area contributed by atoms with E-state index in [0.717, 1.165) is 0 Å². The molecule has 0 atom stereocenters. The van der Waals surface area contributed by atoms with Gasteiger partial charge in [-0.05, 0) is 48.0 Å². The van der Waals surface area contributed by atoms with Crippen LogP contribution in [0.25, 0.3) is 0 Å². The second kappa shape index (κ2) is 6.45. The molecule has 0 fully saturated rings. The molecule has 0 bridgehead atoms. The fraction of sp³-hybridized carbons (Fsp3) is 0.133. The van der Waals surface area contributed by atoms with E-state index >= 15 is 0 Å². The van der Waals surface area contributed by atoms with Crippen LogP contribution in [0.15, 0.2) is 43.1 Å². The Labute approximate surface area is 134 Å². The van der Waals surface area contributed by atoms with Gasteiger partial charge in [0.05, 0.1) is 17.0 Å². The molecule has 7 heteroatoms. The number of nitrogens with one attached hydrogen (secondary N) is 1. The highest BCUT2D eigenvalue weighted by Gasteiger charge is 2.13. The van der Waals surface area contributed by atoms with E-state index in [1.54, 1.807) is 32.0 Å². The van der Waals surface area contributed by atoms with E-state index in [2.05, 4.69) is 26.5 Å². The Bertz CT molecular complexity index is 850. The van der Waals surface area contributed by atoms with Crippen LogP contribution in [-0.4, -0.2) is 10.8 Å². The molecule has 0 amide bonds. The average molecular weight is 362 g/mol. The number of hydrogen-bond acceptors (Lipinski definition) is 6. The van der Waals surface area contributed by atoms with Crippen LogP contribution >= 0.6 is 15.9 Å². The second-order valence-electron chi connectivity index (χ2n) is 4.52. The van der Waals surface area contributed by atoms with Crippen molar-refractivity contribution in [2.24, 2.45) is 5.10 Å². The topological polar surface area (TPSA) is 98.6 Å². The number of benzene rings is 1. The summed E-state index contributed by atoms with van der Waals surface area (Å²) < 4.78 is 5.57. The standard InChI is InChI=1S/C15H12BrN3O3/c1-8-5-13(20)14(15(21)22-8)9(2)18-19-11-4-3-10(7-17)12(16)6-11/h3-6,19-20H,1-2H3/b18-9+. The summed E-state index contributed by atoms with van der Waals surface area (Å²) >= 11 is 3.27. The fourth-order valence-electron chi connectivity index (χ4n) is 1.81. The maximum atomic E-state index is 11.8. The fourth-order valence-corrected chi connectivity index (χ4v) is 2.28. The second-order valence-corrected chi connectivity index (χ2v) is 5.37. The lowest BCUT2D eigenvalue weighted by Crippen LogP contribution is -2.14. The minimum atomic E-state index is -0.651. The van der Waals surface area contributed by atoms with Crippen LogP contribution in [-0.2, 0) is 0 Å². The van der Waals surface area contributed by atoms with Gasteiger partial charge in [-0.25, -0.2) is 4.79 Å². The summed E-state index contributed by atoms with van der Waals surface area (Å²) in [4.78, 5) is 11.8. The lowest BCUT2D eigenvalue weighted by atomic mass is 10.2. The third kappa shape index (κ3) is 3.35. The van der Waals surface area contributed by atoms with E-state index in [1.165, 1.54) is 6.07 Å². The molecule has 1 aromatic carbocycles. The highest BCUT2D eigenvalue weighted by molar-refractivity contribution is 9.10. The number of rotatable bonds is 3. The number of aromatic hydroxyl groups is 1. The first-order valence-electron chi connectivity index (χ1n) is 6.26. The van der Waals surface area contributed by atoms with Crippen molar-refractivity contribution in [3.8, 4) is 11.8 Å². The number of nitriles is 1. The zero-order valence-electron chi connectivity index (χ0n) is 11.8. The zero-order chi connectivity index (χ0) is 16.3. The molecule has 6 nitrogen and oxygen atoms in total. The summed E-state index contributed by atoms with van der Waals surface area (Å²) in [6, 6.07) is 8.39. The number of hydrogen-bond donors (Lipinski definition) is 2. The van der Waals surface area contributed by atoms with E-state index < -0.39 is 5.63 Å². The predicted octanol–water partition coefficient (Wildman–Crippen LogP) is 3.12. The van der Waals surface area contributed by atoms with Crippen molar-refractivity contribution in [3.63, 3.8) is 0 Å². The van der Waals surface area contributed by atoms with E-state index in [1.807, 2.05) is 6.07 Å². The first kappa shape index (κ1) is 15.8. The Morgan fingerprint density at radius 1 is 1.45 bits per heavy atom. The molecule has 0 saturated heterocycles. The van der Waals surface area contributed by atoms with Gasteiger partial charge in [-0.3, -0.25) is 5.43 Å². The lowest BCUT2D eigenvalue weighted by Gasteiger charge is -2.06. The Hall–Kier alpha value is -2.59. The molecule has 2 rings (SSSR count). The van der Waals surface area contributed by atoms with Crippen molar-refractivity contribution in [2.75, 3.05) is 5.43 Å². The summed E-state index contributed by atoms with van der Waals surface area (Å²) in [5.74, 6) is 0.140. The number of anilines is 1. The Morgan fingerprint density at radius 2 is 2.18 bits per heavy atom. The average Bonchev–Trinajstić information content (AvgIpc) is 2.44. The molecule has 2 N–H and O–H groups in total. The molecule has 1 aromatic heterocycles. The Morgan fingerprint density at radius 3 is 2.77 bits per heavy atom. The van der Waals surface area contributed by atoms with Crippen LogP contribution in [0.3, 0.4) is 0 Å². The highest BCUT2D eigenvalue weighted by atomic mass is 79.9. The highest BCUT2D eigenvalue weighted by Crippen LogP contribution is 2.21. The maximum Gasteiger partial charge on any atom is 0.348 e. The third-order valence-electron chi connectivity index (χ3n) is 2.86. The van der Waals surface area contributed by atoms with Crippen molar-refractivity contribution in [2.45, 2.75) is 13.8 Å². The van der Waals surface area contributed by atoms with Crippen LogP contribution in [0.1, 0.15) is 23.8 Å². The van der Waals surface area contributed by atoms with E-state index in [0.29, 0.717) is 21.5 Å². The van der Waals surface area contributed by atoms with Crippen LogP contribution < -0.4 is 11.1 Å². The third-order valence-corrected chi connectivity index (χ3v) is 3.51. The normalized spacial score (nSPS) is 11.1. The number of aryl methyl sites for hydroxylation is 1. The van der Waals surface area contributed by atoms with Crippen LogP contribution in [0.2, 0.25) is 0 Å². The minimum Gasteiger partial charge on any atom is -0.507 e. The molecular formula is C15H12BrN3O3. The molecule has 1 heterocycles. The Kier molecular flexibility index (Phi) is 4.63. The largest absolute Gasteiger partial charge is 0.507 e. The van der Waals surface area contributed by atoms with E-state index in [4.69, 9.17) is 9.68 Å². The van der Waals surface area contributed by atoms with Crippen LogP contribution in [0.4, 0.5) is 5.69 Å². The van der Waals surface area contributed by atoms with Gasteiger partial charge in [-0.1, -0.05) is 0 Å². The Balaban J connectivity index is 2.30. The molecule has 0 aliphatic heterocycles. The first-order chi connectivity index (χ1) is 10.4. The van der Waals surface area contributed by atoms with Crippen molar-refractivity contribution < 1.29 is 9.52 Å². The van der Waals surface area contributed by atoms with Crippen molar-refractivity contribution in [1.82, 2.24) is 0 Å². The molecular weight excluding hydrogens is 350 g/mol. The number of halogens is 1. The summed E-state index contributed by atoms with van der Waals surface area (Å²) in [7, 11) is 0. The van der Waals surface area contributed by atoms with Gasteiger partial charge in [0.2, 0.25) is 0 Å². The molecule has 0 aliphatic rings. The van der Waals surface area contributed by atoms with Crippen LogP contribution in [0.5, 0.6) is 5.75 Å². The number of nitrogens with zero attached hydrogens (tertiary/aromatic N) is 2. The molecule has 0 saturated carbocycles. The van der Waals surface area contributed by atoms with Crippen LogP contribution in [0, 0.1) is 18.3 Å². The van der Waals surface area contributed by atoms with Gasteiger partial charge < -0.3 is 9.52 Å². The summed E-state index contributed by atoms with van der Waals surface area (Å²) in [5.41, 5.74) is 3.53. The molecule has 2 aromatic rings. The van der Waals surface area contributed by atoms with Gasteiger partial charge in [0.25, 0.3) is 0 Å². The SMILES string of the molecule is C/C(=N\Nc1ccc(C#N)c(Br)c1)c1c(O)cc(C)oc1=O. The van der Waals surface area contributed by atoms with Crippen molar-refractivity contribution in [1.29, 1.82) is 5.26 Å². The summed E-state index contributed by atoms with van der Waals surface area (Å²) in [6.07, 6.45) is 0. The van der Waals surface area contributed by atoms with Gasteiger partial charge in [-0.15, -0.1) is 0 Å². The zero-order valence-corrected chi connectivity index (χ0v) is 13.4. The molecule has 0 radical (unpaired) electrons. The van der Waals surface area contributed by atoms with Crippen molar-refractivity contribution in [3.05, 3.63) is 56.0 Å². The smallest absolute Gasteiger partial charge is 0.348 e. The van der Waals surface area contributed by atoms with E-state index in [9.17, 15) is 9.90 Å². The summed E-state index contributed by atoms with van der Waals surface area (Å²) in [5, 5.41) is 22.8. The number of hydrazone groups is 1. The molecule has 0 unspecified atom stereocenters. The lowest BCUT2D eigenvalue weighted by molar-refractivity contribution is 0.432. The quantitative estimate of drug-likeness (QED) is 0.646. The first-order valence-corrected chi connectivity index (χ1v) is 7.05. The monoisotopic (exact) mass is 361 g/mol. The molecule has 112 valence electrons. The van der Waals surface area contributed by atoms with Gasteiger partial charge in [0.15, 0.2) is 0 Å². The van der Waals surface area contributed by atoms with Crippen molar-refractivity contribution >= 4 is 27.3 Å². The van der Waals surface area contributed by atoms with Gasteiger partial charge >= 0.3 is 5.63 Å².